The second kappa shape index (κ2) is 7.13. The number of aromatic carboxylic acids is 1. The fraction of sp³-hybridized carbons (Fsp3) is 0.538. The SMILES string of the molecule is CCCc1cc(OCCC(=O)N(C)C)c(C(=O)O)s1. The summed E-state index contributed by atoms with van der Waals surface area (Å²) in [7, 11) is 3.35. The van der Waals surface area contributed by atoms with E-state index in [0.29, 0.717) is 5.75 Å². The summed E-state index contributed by atoms with van der Waals surface area (Å²) in [5.41, 5.74) is 0. The summed E-state index contributed by atoms with van der Waals surface area (Å²) in [4.78, 5) is 25.2. The second-order valence-corrected chi connectivity index (χ2v) is 5.48. The van der Waals surface area contributed by atoms with Crippen molar-refractivity contribution in [2.45, 2.75) is 26.2 Å². The highest BCUT2D eigenvalue weighted by Gasteiger charge is 2.17. The first-order chi connectivity index (χ1) is 8.95. The molecule has 0 unspecified atom stereocenters. The summed E-state index contributed by atoms with van der Waals surface area (Å²) in [6.45, 7) is 2.23. The molecule has 6 heteroatoms. The van der Waals surface area contributed by atoms with Crippen molar-refractivity contribution in [2.75, 3.05) is 20.7 Å². The Balaban J connectivity index is 2.66. The third-order valence-electron chi connectivity index (χ3n) is 2.51. The predicted molar refractivity (Wildman–Crippen MR) is 74.1 cm³/mol. The highest BCUT2D eigenvalue weighted by atomic mass is 32.1. The Morgan fingerprint density at radius 2 is 2.11 bits per heavy atom. The van der Waals surface area contributed by atoms with E-state index in [-0.39, 0.29) is 23.8 Å². The predicted octanol–water partition coefficient (Wildman–Crippen LogP) is 2.26. The van der Waals surface area contributed by atoms with Gasteiger partial charge < -0.3 is 14.7 Å². The number of ether oxygens (including phenoxy) is 1. The first kappa shape index (κ1) is 15.5. The van der Waals surface area contributed by atoms with Crippen LogP contribution in [0.1, 0.15) is 34.3 Å². The van der Waals surface area contributed by atoms with Gasteiger partial charge in [-0.25, -0.2) is 4.79 Å². The maximum Gasteiger partial charge on any atom is 0.349 e. The lowest BCUT2D eigenvalue weighted by Gasteiger charge is -2.10. The molecule has 1 N–H and O–H groups in total. The van der Waals surface area contributed by atoms with E-state index in [9.17, 15) is 9.59 Å². The molecule has 0 radical (unpaired) electrons. The van der Waals surface area contributed by atoms with Crippen LogP contribution < -0.4 is 4.74 Å². The van der Waals surface area contributed by atoms with Gasteiger partial charge in [-0.3, -0.25) is 4.79 Å². The fourth-order valence-electron chi connectivity index (χ4n) is 1.52. The molecule has 1 rings (SSSR count). The highest BCUT2D eigenvalue weighted by molar-refractivity contribution is 7.14. The average Bonchev–Trinajstić information content (AvgIpc) is 2.72. The van der Waals surface area contributed by atoms with Crippen molar-refractivity contribution >= 4 is 23.2 Å². The Bertz CT molecular complexity index is 453. The molecule has 0 saturated heterocycles. The molecule has 1 amide bonds. The molecular weight excluding hydrogens is 266 g/mol. The van der Waals surface area contributed by atoms with Crippen molar-refractivity contribution in [3.63, 3.8) is 0 Å². The van der Waals surface area contributed by atoms with Gasteiger partial charge in [0.1, 0.15) is 5.75 Å². The van der Waals surface area contributed by atoms with Crippen LogP contribution in [0.2, 0.25) is 0 Å². The minimum Gasteiger partial charge on any atom is -0.491 e. The van der Waals surface area contributed by atoms with Crippen LogP contribution in [0, 0.1) is 0 Å². The number of carboxylic acids is 1. The summed E-state index contributed by atoms with van der Waals surface area (Å²) in [6, 6.07) is 1.76. The molecule has 0 aliphatic rings. The Hall–Kier alpha value is -1.56. The molecule has 1 aromatic heterocycles. The highest BCUT2D eigenvalue weighted by Crippen LogP contribution is 2.30. The van der Waals surface area contributed by atoms with Crippen LogP contribution in [0.5, 0.6) is 5.75 Å². The smallest absolute Gasteiger partial charge is 0.349 e. The Morgan fingerprint density at radius 3 is 2.63 bits per heavy atom. The largest absolute Gasteiger partial charge is 0.491 e. The van der Waals surface area contributed by atoms with Crippen LogP contribution in [0.3, 0.4) is 0 Å². The zero-order valence-electron chi connectivity index (χ0n) is 11.4. The maximum absolute atomic E-state index is 11.4. The maximum atomic E-state index is 11.4. The summed E-state index contributed by atoms with van der Waals surface area (Å²) in [5, 5.41) is 9.10. The zero-order valence-corrected chi connectivity index (χ0v) is 12.2. The van der Waals surface area contributed by atoms with E-state index in [1.807, 2.05) is 6.92 Å². The molecule has 19 heavy (non-hydrogen) atoms. The first-order valence-corrected chi connectivity index (χ1v) is 6.96. The van der Waals surface area contributed by atoms with E-state index in [2.05, 4.69) is 0 Å². The van der Waals surface area contributed by atoms with Crippen molar-refractivity contribution < 1.29 is 19.4 Å². The molecule has 0 atom stereocenters. The van der Waals surface area contributed by atoms with Gasteiger partial charge in [-0.05, 0) is 12.5 Å². The number of hydrogen-bond donors (Lipinski definition) is 1. The number of carbonyl (C=O) groups excluding carboxylic acids is 1. The molecule has 0 aromatic carbocycles. The molecule has 0 saturated carbocycles. The van der Waals surface area contributed by atoms with Crippen molar-refractivity contribution in [2.24, 2.45) is 0 Å². The monoisotopic (exact) mass is 285 g/mol. The van der Waals surface area contributed by atoms with Crippen LogP contribution in [0.15, 0.2) is 6.07 Å². The third-order valence-corrected chi connectivity index (χ3v) is 3.68. The minimum atomic E-state index is -0.985. The Labute approximate surface area is 116 Å². The van der Waals surface area contributed by atoms with Gasteiger partial charge in [-0.1, -0.05) is 13.3 Å². The van der Waals surface area contributed by atoms with E-state index in [0.717, 1.165) is 17.7 Å². The van der Waals surface area contributed by atoms with Gasteiger partial charge in [0.25, 0.3) is 0 Å². The quantitative estimate of drug-likeness (QED) is 0.834. The van der Waals surface area contributed by atoms with E-state index < -0.39 is 5.97 Å². The van der Waals surface area contributed by atoms with Gasteiger partial charge in [0.05, 0.1) is 13.0 Å². The molecule has 1 aromatic rings. The number of amides is 1. The van der Waals surface area contributed by atoms with E-state index in [1.165, 1.54) is 16.2 Å². The molecular formula is C13H19NO4S. The van der Waals surface area contributed by atoms with Gasteiger partial charge in [0.15, 0.2) is 4.88 Å². The summed E-state index contributed by atoms with van der Waals surface area (Å²) < 4.78 is 5.43. The summed E-state index contributed by atoms with van der Waals surface area (Å²) in [5.74, 6) is -0.658. The number of aryl methyl sites for hydroxylation is 1. The lowest BCUT2D eigenvalue weighted by molar-refractivity contribution is -0.129. The second-order valence-electron chi connectivity index (χ2n) is 4.35. The zero-order chi connectivity index (χ0) is 14.4. The normalized spacial score (nSPS) is 10.3. The summed E-state index contributed by atoms with van der Waals surface area (Å²) in [6.07, 6.45) is 2.04. The number of thiophene rings is 1. The van der Waals surface area contributed by atoms with E-state index in [1.54, 1.807) is 20.2 Å². The van der Waals surface area contributed by atoms with Crippen molar-refractivity contribution in [1.29, 1.82) is 0 Å². The summed E-state index contributed by atoms with van der Waals surface area (Å²) >= 11 is 1.24. The van der Waals surface area contributed by atoms with Gasteiger partial charge in [-0.15, -0.1) is 11.3 Å². The molecule has 0 fully saturated rings. The van der Waals surface area contributed by atoms with Crippen molar-refractivity contribution in [3.8, 4) is 5.75 Å². The van der Waals surface area contributed by atoms with Crippen molar-refractivity contribution in [3.05, 3.63) is 15.8 Å². The fourth-order valence-corrected chi connectivity index (χ4v) is 2.56. The van der Waals surface area contributed by atoms with Gasteiger partial charge in [0.2, 0.25) is 5.91 Å². The average molecular weight is 285 g/mol. The Kier molecular flexibility index (Phi) is 5.82. The minimum absolute atomic E-state index is 0.0408. The van der Waals surface area contributed by atoms with Gasteiger partial charge >= 0.3 is 5.97 Å². The number of carbonyl (C=O) groups is 2. The molecule has 106 valence electrons. The topological polar surface area (TPSA) is 66.8 Å². The number of nitrogens with zero attached hydrogens (tertiary/aromatic N) is 1. The van der Waals surface area contributed by atoms with Crippen LogP contribution in [0.4, 0.5) is 0 Å². The van der Waals surface area contributed by atoms with Crippen LogP contribution >= 0.6 is 11.3 Å². The standard InChI is InChI=1S/C13H19NO4S/c1-4-5-9-8-10(12(19-9)13(16)17)18-7-6-11(15)14(2)3/h8H,4-7H2,1-3H3,(H,16,17). The van der Waals surface area contributed by atoms with Crippen LogP contribution in [0.25, 0.3) is 0 Å². The third kappa shape index (κ3) is 4.55. The van der Waals surface area contributed by atoms with Crippen LogP contribution in [-0.4, -0.2) is 42.6 Å². The van der Waals surface area contributed by atoms with Gasteiger partial charge in [-0.2, -0.15) is 0 Å². The van der Waals surface area contributed by atoms with Crippen LogP contribution in [-0.2, 0) is 11.2 Å². The number of carboxylic acid groups (broad SMARTS) is 1. The lowest BCUT2D eigenvalue weighted by atomic mass is 10.3. The Morgan fingerprint density at radius 1 is 1.42 bits per heavy atom. The van der Waals surface area contributed by atoms with E-state index >= 15 is 0 Å². The lowest BCUT2D eigenvalue weighted by Crippen LogP contribution is -2.23. The van der Waals surface area contributed by atoms with Crippen molar-refractivity contribution in [1.82, 2.24) is 4.90 Å². The molecule has 0 bridgehead atoms. The first-order valence-electron chi connectivity index (χ1n) is 6.14. The molecule has 0 aliphatic carbocycles. The molecule has 0 spiro atoms. The number of rotatable bonds is 7. The molecule has 1 heterocycles. The number of hydrogen-bond acceptors (Lipinski definition) is 4. The van der Waals surface area contributed by atoms with E-state index in [4.69, 9.17) is 9.84 Å². The molecule has 5 nitrogen and oxygen atoms in total. The van der Waals surface area contributed by atoms with Gasteiger partial charge in [0, 0.05) is 19.0 Å². The molecule has 0 aliphatic heterocycles.